The van der Waals surface area contributed by atoms with Crippen LogP contribution in [0.25, 0.3) is 11.0 Å². The molecular weight excluding hydrogens is 316 g/mol. The standard InChI is InChI=1S/C15H22N4O3S/c1-9(2)19-14(21)13-11(7-10(3)17-13)18-15(19)23-8-12(20)16-5-6-22-4/h7,9,17H,5-6,8H2,1-4H3,(H,16,20). The lowest BCUT2D eigenvalue weighted by Crippen LogP contribution is -2.29. The molecule has 2 aromatic rings. The third kappa shape index (κ3) is 4.14. The van der Waals surface area contributed by atoms with Gasteiger partial charge in [-0.15, -0.1) is 0 Å². The Morgan fingerprint density at radius 2 is 2.26 bits per heavy atom. The molecule has 2 aromatic heterocycles. The van der Waals surface area contributed by atoms with Gasteiger partial charge in [-0.1, -0.05) is 11.8 Å². The van der Waals surface area contributed by atoms with Gasteiger partial charge in [0.2, 0.25) is 5.91 Å². The highest BCUT2D eigenvalue weighted by Gasteiger charge is 2.16. The van der Waals surface area contributed by atoms with Gasteiger partial charge in [0, 0.05) is 25.4 Å². The zero-order chi connectivity index (χ0) is 17.0. The van der Waals surface area contributed by atoms with Crippen LogP contribution >= 0.6 is 11.8 Å². The first-order chi connectivity index (χ1) is 10.9. The second-order valence-corrected chi connectivity index (χ2v) is 6.45. The molecule has 2 N–H and O–H groups in total. The number of nitrogens with one attached hydrogen (secondary N) is 2. The highest BCUT2D eigenvalue weighted by Crippen LogP contribution is 2.21. The van der Waals surface area contributed by atoms with Crippen LogP contribution in [0, 0.1) is 6.92 Å². The summed E-state index contributed by atoms with van der Waals surface area (Å²) >= 11 is 1.26. The molecule has 0 saturated heterocycles. The molecule has 0 spiro atoms. The first kappa shape index (κ1) is 17.6. The Kier molecular flexibility index (Phi) is 5.84. The molecule has 0 aliphatic heterocycles. The van der Waals surface area contributed by atoms with Crippen molar-refractivity contribution in [1.29, 1.82) is 0 Å². The summed E-state index contributed by atoms with van der Waals surface area (Å²) in [6, 6.07) is 1.80. The van der Waals surface area contributed by atoms with Crippen LogP contribution in [0.4, 0.5) is 0 Å². The number of hydrogen-bond donors (Lipinski definition) is 2. The van der Waals surface area contributed by atoms with Gasteiger partial charge in [0.15, 0.2) is 5.16 Å². The number of thioether (sulfide) groups is 1. The molecule has 8 heteroatoms. The zero-order valence-electron chi connectivity index (χ0n) is 13.8. The van der Waals surface area contributed by atoms with Crippen LogP contribution < -0.4 is 10.9 Å². The van der Waals surface area contributed by atoms with Gasteiger partial charge >= 0.3 is 0 Å². The first-order valence-electron chi connectivity index (χ1n) is 7.44. The lowest BCUT2D eigenvalue weighted by atomic mass is 10.3. The van der Waals surface area contributed by atoms with Crippen molar-refractivity contribution in [3.63, 3.8) is 0 Å². The van der Waals surface area contributed by atoms with Crippen molar-refractivity contribution in [3.05, 3.63) is 22.1 Å². The number of carbonyl (C=O) groups is 1. The molecular formula is C15H22N4O3S. The van der Waals surface area contributed by atoms with E-state index in [1.807, 2.05) is 26.8 Å². The average Bonchev–Trinajstić information content (AvgIpc) is 2.86. The van der Waals surface area contributed by atoms with Crippen LogP contribution in [0.3, 0.4) is 0 Å². The Morgan fingerprint density at radius 3 is 2.91 bits per heavy atom. The summed E-state index contributed by atoms with van der Waals surface area (Å²) < 4.78 is 6.51. The SMILES string of the molecule is COCCNC(=O)CSc1nc2cc(C)[nH]c2c(=O)n1C(C)C. The van der Waals surface area contributed by atoms with E-state index < -0.39 is 0 Å². The van der Waals surface area contributed by atoms with E-state index in [2.05, 4.69) is 15.3 Å². The average molecular weight is 338 g/mol. The molecule has 0 radical (unpaired) electrons. The van der Waals surface area contributed by atoms with E-state index in [1.54, 1.807) is 11.7 Å². The summed E-state index contributed by atoms with van der Waals surface area (Å²) in [7, 11) is 1.58. The third-order valence-electron chi connectivity index (χ3n) is 3.26. The van der Waals surface area contributed by atoms with Crippen molar-refractivity contribution in [2.45, 2.75) is 32.0 Å². The van der Waals surface area contributed by atoms with Gasteiger partial charge in [-0.25, -0.2) is 4.98 Å². The Hall–Kier alpha value is -1.80. The number of fused-ring (bicyclic) bond motifs is 1. The maximum atomic E-state index is 12.6. The van der Waals surface area contributed by atoms with Crippen LogP contribution in [0.5, 0.6) is 0 Å². The fourth-order valence-electron chi connectivity index (χ4n) is 2.22. The third-order valence-corrected chi connectivity index (χ3v) is 4.22. The Bertz CT molecular complexity index is 751. The smallest absolute Gasteiger partial charge is 0.278 e. The Morgan fingerprint density at radius 1 is 1.52 bits per heavy atom. The van der Waals surface area contributed by atoms with Gasteiger partial charge in [0.25, 0.3) is 5.56 Å². The monoisotopic (exact) mass is 338 g/mol. The number of rotatable bonds is 7. The van der Waals surface area contributed by atoms with Crippen molar-refractivity contribution < 1.29 is 9.53 Å². The van der Waals surface area contributed by atoms with E-state index in [4.69, 9.17) is 4.74 Å². The van der Waals surface area contributed by atoms with Crippen molar-refractivity contribution in [3.8, 4) is 0 Å². The van der Waals surface area contributed by atoms with Crippen molar-refractivity contribution in [2.75, 3.05) is 26.0 Å². The lowest BCUT2D eigenvalue weighted by Gasteiger charge is -2.14. The highest BCUT2D eigenvalue weighted by molar-refractivity contribution is 7.99. The van der Waals surface area contributed by atoms with Gasteiger partial charge in [-0.3, -0.25) is 14.2 Å². The fourth-order valence-corrected chi connectivity index (χ4v) is 3.18. The van der Waals surface area contributed by atoms with Gasteiger partial charge < -0.3 is 15.0 Å². The molecule has 0 aliphatic rings. The number of aromatic amines is 1. The number of aryl methyl sites for hydroxylation is 1. The van der Waals surface area contributed by atoms with Gasteiger partial charge in [0.1, 0.15) is 5.52 Å². The predicted molar refractivity (Wildman–Crippen MR) is 91.1 cm³/mol. The molecule has 2 heterocycles. The van der Waals surface area contributed by atoms with Crippen LogP contribution in [-0.2, 0) is 9.53 Å². The number of nitrogens with zero attached hydrogens (tertiary/aromatic N) is 2. The maximum absolute atomic E-state index is 12.6. The van der Waals surface area contributed by atoms with E-state index in [0.717, 1.165) is 5.69 Å². The molecule has 126 valence electrons. The van der Waals surface area contributed by atoms with Crippen LogP contribution in [0.15, 0.2) is 16.0 Å². The second-order valence-electron chi connectivity index (χ2n) is 5.51. The Labute approximate surface area is 138 Å². The van der Waals surface area contributed by atoms with Gasteiger partial charge in [0.05, 0.1) is 17.9 Å². The highest BCUT2D eigenvalue weighted by atomic mass is 32.2. The van der Waals surface area contributed by atoms with Crippen molar-refractivity contribution >= 4 is 28.7 Å². The van der Waals surface area contributed by atoms with E-state index in [-0.39, 0.29) is 23.3 Å². The number of methoxy groups -OCH3 is 1. The summed E-state index contributed by atoms with van der Waals surface area (Å²) in [5.41, 5.74) is 1.91. The molecule has 0 fully saturated rings. The van der Waals surface area contributed by atoms with Crippen molar-refractivity contribution in [1.82, 2.24) is 19.9 Å². The minimum Gasteiger partial charge on any atom is -0.383 e. The van der Waals surface area contributed by atoms with E-state index >= 15 is 0 Å². The van der Waals surface area contributed by atoms with Crippen LogP contribution in [0.1, 0.15) is 25.6 Å². The lowest BCUT2D eigenvalue weighted by molar-refractivity contribution is -0.118. The number of ether oxygens (including phenoxy) is 1. The number of carbonyl (C=O) groups excluding carboxylic acids is 1. The molecule has 1 amide bonds. The second kappa shape index (κ2) is 7.65. The molecule has 0 atom stereocenters. The fraction of sp³-hybridized carbons (Fsp3) is 0.533. The molecule has 0 saturated carbocycles. The molecule has 0 aromatic carbocycles. The maximum Gasteiger partial charge on any atom is 0.278 e. The molecule has 2 rings (SSSR count). The predicted octanol–water partition coefficient (Wildman–Crippen LogP) is 1.47. The molecule has 0 aliphatic carbocycles. The largest absolute Gasteiger partial charge is 0.383 e. The summed E-state index contributed by atoms with van der Waals surface area (Å²) in [4.78, 5) is 32.0. The van der Waals surface area contributed by atoms with E-state index in [9.17, 15) is 9.59 Å². The zero-order valence-corrected chi connectivity index (χ0v) is 14.6. The minimum absolute atomic E-state index is 0.0398. The number of hydrogen-bond acceptors (Lipinski definition) is 5. The minimum atomic E-state index is -0.111. The van der Waals surface area contributed by atoms with Crippen LogP contribution in [-0.4, -0.2) is 46.5 Å². The first-order valence-corrected chi connectivity index (χ1v) is 8.43. The topological polar surface area (TPSA) is 89.0 Å². The van der Waals surface area contributed by atoms with Gasteiger partial charge in [-0.2, -0.15) is 0 Å². The molecule has 23 heavy (non-hydrogen) atoms. The summed E-state index contributed by atoms with van der Waals surface area (Å²) in [6.45, 7) is 6.67. The number of amides is 1. The summed E-state index contributed by atoms with van der Waals surface area (Å²) in [6.07, 6.45) is 0. The van der Waals surface area contributed by atoms with E-state index in [0.29, 0.717) is 29.3 Å². The molecule has 7 nitrogen and oxygen atoms in total. The molecule has 0 bridgehead atoms. The molecule has 0 unspecified atom stereocenters. The number of H-pyrrole nitrogens is 1. The normalized spacial score (nSPS) is 11.3. The Balaban J connectivity index is 2.23. The number of aromatic nitrogens is 3. The summed E-state index contributed by atoms with van der Waals surface area (Å²) in [5, 5.41) is 3.31. The van der Waals surface area contributed by atoms with Crippen molar-refractivity contribution in [2.24, 2.45) is 0 Å². The van der Waals surface area contributed by atoms with Crippen LogP contribution in [0.2, 0.25) is 0 Å². The van der Waals surface area contributed by atoms with Gasteiger partial charge in [-0.05, 0) is 26.8 Å². The van der Waals surface area contributed by atoms with E-state index in [1.165, 1.54) is 11.8 Å². The summed E-state index contributed by atoms with van der Waals surface area (Å²) in [5.74, 6) is 0.0968. The quantitative estimate of drug-likeness (QED) is 0.453.